The van der Waals surface area contributed by atoms with Crippen molar-refractivity contribution in [2.45, 2.75) is 24.2 Å². The van der Waals surface area contributed by atoms with Gasteiger partial charge in [-0.2, -0.15) is 4.31 Å². The number of benzene rings is 3. The molecule has 0 aromatic heterocycles. The molecule has 1 amide bonds. The number of hydrogen-bond donors (Lipinski definition) is 1. The Balaban J connectivity index is 1.45. The third kappa shape index (κ3) is 5.21. The van der Waals surface area contributed by atoms with Crippen LogP contribution >= 0.6 is 11.6 Å². The van der Waals surface area contributed by atoms with E-state index in [2.05, 4.69) is 5.32 Å². The largest absolute Gasteiger partial charge is 0.495 e. The zero-order valence-corrected chi connectivity index (χ0v) is 19.8. The van der Waals surface area contributed by atoms with Crippen LogP contribution < -0.4 is 10.1 Å². The molecule has 0 aliphatic carbocycles. The summed E-state index contributed by atoms with van der Waals surface area (Å²) in [5, 5.41) is 3.23. The Labute approximate surface area is 199 Å². The van der Waals surface area contributed by atoms with Crippen molar-refractivity contribution in [2.24, 2.45) is 0 Å². The Kier molecular flexibility index (Phi) is 7.02. The summed E-state index contributed by atoms with van der Waals surface area (Å²) < 4.78 is 32.3. The molecule has 8 heteroatoms. The molecule has 1 heterocycles. The second kappa shape index (κ2) is 9.95. The highest BCUT2D eigenvalue weighted by Gasteiger charge is 2.25. The van der Waals surface area contributed by atoms with Crippen LogP contribution in [0.3, 0.4) is 0 Å². The fourth-order valence-electron chi connectivity index (χ4n) is 3.84. The summed E-state index contributed by atoms with van der Waals surface area (Å²) in [6.45, 7) is 1.16. The molecule has 1 aliphatic rings. The molecule has 0 unspecified atom stereocenters. The van der Waals surface area contributed by atoms with Crippen LogP contribution in [0, 0.1) is 0 Å². The first-order valence-corrected chi connectivity index (χ1v) is 12.6. The predicted octanol–water partition coefficient (Wildman–Crippen LogP) is 5.44. The summed E-state index contributed by atoms with van der Waals surface area (Å²) in [5.41, 5.74) is 2.83. The lowest BCUT2D eigenvalue weighted by Crippen LogP contribution is -2.35. The average molecular weight is 485 g/mol. The number of ether oxygens (including phenoxy) is 1. The molecule has 0 radical (unpaired) electrons. The summed E-state index contributed by atoms with van der Waals surface area (Å²) in [6.07, 6.45) is 2.89. The van der Waals surface area contributed by atoms with Crippen LogP contribution in [0.4, 0.5) is 5.69 Å². The number of nitrogens with zero attached hydrogens (tertiary/aromatic N) is 1. The summed E-state index contributed by atoms with van der Waals surface area (Å²) in [7, 11) is -1.92. The van der Waals surface area contributed by atoms with E-state index >= 15 is 0 Å². The van der Waals surface area contributed by atoms with E-state index in [9.17, 15) is 13.2 Å². The molecule has 0 spiro atoms. The van der Waals surface area contributed by atoms with Gasteiger partial charge in [0.1, 0.15) is 5.75 Å². The Morgan fingerprint density at radius 2 is 1.52 bits per heavy atom. The lowest BCUT2D eigenvalue weighted by molar-refractivity contribution is 0.102. The van der Waals surface area contributed by atoms with E-state index in [0.29, 0.717) is 40.0 Å². The number of carbonyl (C=O) groups excluding carboxylic acids is 1. The second-order valence-electron chi connectivity index (χ2n) is 7.87. The van der Waals surface area contributed by atoms with Crippen LogP contribution in [0.5, 0.6) is 5.75 Å². The molecular formula is C25H25ClN2O4S. The third-order valence-corrected chi connectivity index (χ3v) is 7.91. The van der Waals surface area contributed by atoms with Crippen LogP contribution in [-0.2, 0) is 10.0 Å². The van der Waals surface area contributed by atoms with Gasteiger partial charge in [0.25, 0.3) is 5.91 Å². The van der Waals surface area contributed by atoms with Gasteiger partial charge in [-0.25, -0.2) is 8.42 Å². The van der Waals surface area contributed by atoms with Crippen molar-refractivity contribution in [1.82, 2.24) is 4.31 Å². The number of anilines is 1. The molecule has 1 saturated heterocycles. The average Bonchev–Trinajstić information content (AvgIpc) is 2.85. The van der Waals surface area contributed by atoms with Crippen molar-refractivity contribution >= 4 is 33.2 Å². The van der Waals surface area contributed by atoms with Gasteiger partial charge in [0.2, 0.25) is 10.0 Å². The Morgan fingerprint density at radius 3 is 2.09 bits per heavy atom. The van der Waals surface area contributed by atoms with Gasteiger partial charge in [-0.1, -0.05) is 42.3 Å². The zero-order chi connectivity index (χ0) is 23.4. The van der Waals surface area contributed by atoms with Crippen molar-refractivity contribution in [3.8, 4) is 16.9 Å². The standard InChI is InChI=1S/C25H25ClN2O4S/c1-32-24-14-11-21(17-23(24)26)27-25(29)20-7-5-18(6-8-20)19-9-12-22(13-10-19)33(30,31)28-15-3-2-4-16-28/h5-14,17H,2-4,15-16H2,1H3,(H,27,29). The molecular weight excluding hydrogens is 460 g/mol. The van der Waals surface area contributed by atoms with E-state index < -0.39 is 10.0 Å². The van der Waals surface area contributed by atoms with Crippen molar-refractivity contribution in [3.63, 3.8) is 0 Å². The summed E-state index contributed by atoms with van der Waals surface area (Å²) in [6, 6.07) is 19.1. The SMILES string of the molecule is COc1ccc(NC(=O)c2ccc(-c3ccc(S(=O)(=O)N4CCCCC4)cc3)cc2)cc1Cl. The lowest BCUT2D eigenvalue weighted by Gasteiger charge is -2.25. The quantitative estimate of drug-likeness (QED) is 0.505. The molecule has 3 aromatic carbocycles. The first-order chi connectivity index (χ1) is 15.9. The minimum atomic E-state index is -3.45. The van der Waals surface area contributed by atoms with Gasteiger partial charge >= 0.3 is 0 Å². The van der Waals surface area contributed by atoms with Crippen molar-refractivity contribution < 1.29 is 17.9 Å². The van der Waals surface area contributed by atoms with E-state index in [1.54, 1.807) is 58.9 Å². The Hall–Kier alpha value is -2.87. The highest BCUT2D eigenvalue weighted by atomic mass is 35.5. The number of nitrogens with one attached hydrogen (secondary N) is 1. The molecule has 0 bridgehead atoms. The fourth-order valence-corrected chi connectivity index (χ4v) is 5.61. The first kappa shape index (κ1) is 23.3. The lowest BCUT2D eigenvalue weighted by atomic mass is 10.0. The minimum Gasteiger partial charge on any atom is -0.495 e. The van der Waals surface area contributed by atoms with Crippen LogP contribution in [-0.4, -0.2) is 38.8 Å². The second-order valence-corrected chi connectivity index (χ2v) is 10.2. The molecule has 1 aliphatic heterocycles. The predicted molar refractivity (Wildman–Crippen MR) is 130 cm³/mol. The summed E-state index contributed by atoms with van der Waals surface area (Å²) >= 11 is 6.11. The van der Waals surface area contributed by atoms with Crippen LogP contribution in [0.25, 0.3) is 11.1 Å². The normalized spacial score (nSPS) is 14.6. The summed E-state index contributed by atoms with van der Waals surface area (Å²) in [5.74, 6) is 0.277. The number of sulfonamides is 1. The van der Waals surface area contributed by atoms with Crippen LogP contribution in [0.1, 0.15) is 29.6 Å². The Morgan fingerprint density at radius 1 is 0.909 bits per heavy atom. The van der Waals surface area contributed by atoms with E-state index in [-0.39, 0.29) is 5.91 Å². The van der Waals surface area contributed by atoms with Gasteiger partial charge in [0, 0.05) is 24.3 Å². The number of piperidine rings is 1. The van der Waals surface area contributed by atoms with E-state index in [1.807, 2.05) is 12.1 Å². The number of hydrogen-bond acceptors (Lipinski definition) is 4. The van der Waals surface area contributed by atoms with Crippen molar-refractivity contribution in [2.75, 3.05) is 25.5 Å². The van der Waals surface area contributed by atoms with Gasteiger partial charge in [0.05, 0.1) is 17.0 Å². The molecule has 0 atom stereocenters. The highest BCUT2D eigenvalue weighted by molar-refractivity contribution is 7.89. The third-order valence-electron chi connectivity index (χ3n) is 5.70. The minimum absolute atomic E-state index is 0.259. The monoisotopic (exact) mass is 484 g/mol. The molecule has 4 rings (SSSR count). The molecule has 3 aromatic rings. The molecule has 6 nitrogen and oxygen atoms in total. The number of rotatable bonds is 6. The van der Waals surface area contributed by atoms with Crippen LogP contribution in [0.2, 0.25) is 5.02 Å². The molecule has 0 saturated carbocycles. The maximum atomic E-state index is 12.8. The number of amides is 1. The van der Waals surface area contributed by atoms with Gasteiger partial charge in [0.15, 0.2) is 0 Å². The topological polar surface area (TPSA) is 75.7 Å². The fraction of sp³-hybridized carbons (Fsp3) is 0.240. The van der Waals surface area contributed by atoms with Gasteiger partial charge in [-0.15, -0.1) is 0 Å². The number of halogens is 1. The zero-order valence-electron chi connectivity index (χ0n) is 18.3. The van der Waals surface area contributed by atoms with Crippen molar-refractivity contribution in [3.05, 3.63) is 77.3 Å². The molecule has 172 valence electrons. The van der Waals surface area contributed by atoms with Crippen LogP contribution in [0.15, 0.2) is 71.6 Å². The van der Waals surface area contributed by atoms with Gasteiger partial charge in [-0.3, -0.25) is 4.79 Å². The van der Waals surface area contributed by atoms with Crippen molar-refractivity contribution in [1.29, 1.82) is 0 Å². The number of carbonyl (C=O) groups is 1. The number of methoxy groups -OCH3 is 1. The van der Waals surface area contributed by atoms with Gasteiger partial charge < -0.3 is 10.1 Å². The van der Waals surface area contributed by atoms with E-state index in [1.165, 1.54) is 7.11 Å². The summed E-state index contributed by atoms with van der Waals surface area (Å²) in [4.78, 5) is 12.9. The smallest absolute Gasteiger partial charge is 0.255 e. The van der Waals surface area contributed by atoms with Gasteiger partial charge in [-0.05, 0) is 66.4 Å². The Bertz CT molecular complexity index is 1240. The highest BCUT2D eigenvalue weighted by Crippen LogP contribution is 2.28. The first-order valence-electron chi connectivity index (χ1n) is 10.7. The molecule has 1 fully saturated rings. The van der Waals surface area contributed by atoms with E-state index in [0.717, 1.165) is 30.4 Å². The maximum absolute atomic E-state index is 12.8. The molecule has 1 N–H and O–H groups in total. The maximum Gasteiger partial charge on any atom is 0.255 e. The molecule has 33 heavy (non-hydrogen) atoms. The van der Waals surface area contributed by atoms with E-state index in [4.69, 9.17) is 16.3 Å².